The first-order valence-corrected chi connectivity index (χ1v) is 8.46. The third kappa shape index (κ3) is 4.22. The van der Waals surface area contributed by atoms with E-state index in [0.29, 0.717) is 6.54 Å². The second-order valence-corrected chi connectivity index (χ2v) is 5.68. The molecule has 1 aromatic heterocycles. The van der Waals surface area contributed by atoms with E-state index in [1.807, 2.05) is 12.1 Å². The largest absolute Gasteiger partial charge is 0.357 e. The van der Waals surface area contributed by atoms with Crippen molar-refractivity contribution < 1.29 is 0 Å². The Morgan fingerprint density at radius 2 is 1.75 bits per heavy atom. The maximum Gasteiger partial charge on any atom is 0.225 e. The van der Waals surface area contributed by atoms with Gasteiger partial charge in [-0.1, -0.05) is 30.3 Å². The summed E-state index contributed by atoms with van der Waals surface area (Å²) < 4.78 is 0. The molecule has 0 amide bonds. The van der Waals surface area contributed by atoms with Gasteiger partial charge in [0.05, 0.1) is 6.54 Å². The predicted octanol–water partition coefficient (Wildman–Crippen LogP) is 1.76. The molecular formula is C18H24N6. The van der Waals surface area contributed by atoms with Crippen molar-refractivity contribution in [2.45, 2.75) is 13.5 Å². The highest BCUT2D eigenvalue weighted by molar-refractivity contribution is 5.80. The second-order valence-electron chi connectivity index (χ2n) is 5.68. The van der Waals surface area contributed by atoms with E-state index >= 15 is 0 Å². The standard InChI is InChI=1S/C18H24N6/c1-2-19-17(22-15-16-7-4-3-5-8-16)23-11-13-24(14-12-23)18-20-9-6-10-21-18/h3-10H,2,11-15H2,1H3,(H,19,22). The summed E-state index contributed by atoms with van der Waals surface area (Å²) in [7, 11) is 0. The van der Waals surface area contributed by atoms with Crippen molar-refractivity contribution in [2.75, 3.05) is 37.6 Å². The Bertz CT molecular complexity index is 635. The fourth-order valence-electron chi connectivity index (χ4n) is 2.75. The second kappa shape index (κ2) is 8.29. The minimum atomic E-state index is 0.700. The highest BCUT2D eigenvalue weighted by Gasteiger charge is 2.20. The van der Waals surface area contributed by atoms with Gasteiger partial charge in [-0.2, -0.15) is 0 Å². The monoisotopic (exact) mass is 324 g/mol. The molecule has 1 aliphatic rings. The van der Waals surface area contributed by atoms with Crippen molar-refractivity contribution in [2.24, 2.45) is 4.99 Å². The van der Waals surface area contributed by atoms with Crippen LogP contribution in [0.5, 0.6) is 0 Å². The maximum absolute atomic E-state index is 4.79. The lowest BCUT2D eigenvalue weighted by Crippen LogP contribution is -2.52. The Morgan fingerprint density at radius 1 is 1.04 bits per heavy atom. The molecule has 0 aliphatic carbocycles. The molecule has 0 spiro atoms. The Kier molecular flexibility index (Phi) is 5.61. The normalized spacial score (nSPS) is 15.5. The van der Waals surface area contributed by atoms with Crippen LogP contribution in [0.15, 0.2) is 53.8 Å². The molecule has 2 aromatic rings. The van der Waals surface area contributed by atoms with Crippen LogP contribution in [0.4, 0.5) is 5.95 Å². The van der Waals surface area contributed by atoms with Gasteiger partial charge in [0.2, 0.25) is 5.95 Å². The highest BCUT2D eigenvalue weighted by atomic mass is 15.4. The first-order chi connectivity index (χ1) is 11.9. The van der Waals surface area contributed by atoms with Gasteiger partial charge in [-0.15, -0.1) is 0 Å². The zero-order valence-electron chi connectivity index (χ0n) is 14.1. The lowest BCUT2D eigenvalue weighted by Gasteiger charge is -2.36. The first-order valence-electron chi connectivity index (χ1n) is 8.46. The number of hydrogen-bond donors (Lipinski definition) is 1. The number of aromatic nitrogens is 2. The van der Waals surface area contributed by atoms with E-state index in [9.17, 15) is 0 Å². The van der Waals surface area contributed by atoms with E-state index in [0.717, 1.165) is 44.6 Å². The van der Waals surface area contributed by atoms with E-state index in [-0.39, 0.29) is 0 Å². The fraction of sp³-hybridized carbons (Fsp3) is 0.389. The molecule has 1 aliphatic heterocycles. The summed E-state index contributed by atoms with van der Waals surface area (Å²) >= 11 is 0. The SMILES string of the molecule is CCNC(=NCc1ccccc1)N1CCN(c2ncccn2)CC1. The van der Waals surface area contributed by atoms with Gasteiger partial charge in [0.15, 0.2) is 5.96 Å². The zero-order valence-corrected chi connectivity index (χ0v) is 14.1. The molecule has 24 heavy (non-hydrogen) atoms. The molecule has 0 unspecified atom stereocenters. The molecule has 3 rings (SSSR count). The van der Waals surface area contributed by atoms with Crippen LogP contribution < -0.4 is 10.2 Å². The summed E-state index contributed by atoms with van der Waals surface area (Å²) in [6, 6.07) is 12.2. The fourth-order valence-corrected chi connectivity index (χ4v) is 2.75. The Labute approximate surface area is 143 Å². The van der Waals surface area contributed by atoms with Crippen molar-refractivity contribution in [3.63, 3.8) is 0 Å². The van der Waals surface area contributed by atoms with Crippen LogP contribution in [0, 0.1) is 0 Å². The summed E-state index contributed by atoms with van der Waals surface area (Å²) in [4.78, 5) is 18.0. The summed E-state index contributed by atoms with van der Waals surface area (Å²) in [6.45, 7) is 7.31. The average molecular weight is 324 g/mol. The van der Waals surface area contributed by atoms with Gasteiger partial charge >= 0.3 is 0 Å². The van der Waals surface area contributed by atoms with E-state index < -0.39 is 0 Å². The van der Waals surface area contributed by atoms with Crippen LogP contribution in [0.2, 0.25) is 0 Å². The van der Waals surface area contributed by atoms with Crippen LogP contribution in [-0.2, 0) is 6.54 Å². The minimum Gasteiger partial charge on any atom is -0.357 e. The molecule has 6 heteroatoms. The van der Waals surface area contributed by atoms with Crippen molar-refractivity contribution in [3.8, 4) is 0 Å². The minimum absolute atomic E-state index is 0.700. The van der Waals surface area contributed by atoms with Crippen LogP contribution in [0.1, 0.15) is 12.5 Å². The van der Waals surface area contributed by atoms with Crippen LogP contribution in [0.25, 0.3) is 0 Å². The molecule has 1 aromatic carbocycles. The maximum atomic E-state index is 4.79. The quantitative estimate of drug-likeness (QED) is 0.686. The smallest absolute Gasteiger partial charge is 0.225 e. The van der Waals surface area contributed by atoms with E-state index in [2.05, 4.69) is 56.3 Å². The first kappa shape index (κ1) is 16.2. The number of piperazine rings is 1. The number of hydrogen-bond acceptors (Lipinski definition) is 4. The third-order valence-corrected chi connectivity index (χ3v) is 4.00. The van der Waals surface area contributed by atoms with Crippen molar-refractivity contribution in [1.82, 2.24) is 20.2 Å². The van der Waals surface area contributed by atoms with Gasteiger partial charge in [0.25, 0.3) is 0 Å². The number of nitrogens with zero attached hydrogens (tertiary/aromatic N) is 5. The molecule has 126 valence electrons. The summed E-state index contributed by atoms with van der Waals surface area (Å²) in [6.07, 6.45) is 3.58. The van der Waals surface area contributed by atoms with Crippen molar-refractivity contribution in [1.29, 1.82) is 0 Å². The van der Waals surface area contributed by atoms with E-state index in [4.69, 9.17) is 4.99 Å². The van der Waals surface area contributed by atoms with Gasteiger partial charge in [0, 0.05) is 45.1 Å². The number of guanidine groups is 1. The van der Waals surface area contributed by atoms with Crippen LogP contribution in [-0.4, -0.2) is 53.6 Å². The van der Waals surface area contributed by atoms with Crippen molar-refractivity contribution in [3.05, 3.63) is 54.4 Å². The van der Waals surface area contributed by atoms with Crippen molar-refractivity contribution >= 4 is 11.9 Å². The molecule has 0 bridgehead atoms. The summed E-state index contributed by atoms with van der Waals surface area (Å²) in [5.74, 6) is 1.79. The number of aliphatic imine (C=N–C) groups is 1. The molecule has 2 heterocycles. The average Bonchev–Trinajstić information content (AvgIpc) is 2.67. The van der Waals surface area contributed by atoms with Gasteiger partial charge in [0.1, 0.15) is 0 Å². The van der Waals surface area contributed by atoms with Gasteiger partial charge < -0.3 is 15.1 Å². The third-order valence-electron chi connectivity index (χ3n) is 4.00. The zero-order chi connectivity index (χ0) is 16.6. The molecular weight excluding hydrogens is 300 g/mol. The number of rotatable bonds is 4. The predicted molar refractivity (Wildman–Crippen MR) is 97.1 cm³/mol. The highest BCUT2D eigenvalue weighted by Crippen LogP contribution is 2.10. The lowest BCUT2D eigenvalue weighted by molar-refractivity contribution is 0.370. The van der Waals surface area contributed by atoms with Crippen LogP contribution in [0.3, 0.4) is 0 Å². The molecule has 6 nitrogen and oxygen atoms in total. The Balaban J connectivity index is 1.61. The van der Waals surface area contributed by atoms with Gasteiger partial charge in [-0.3, -0.25) is 0 Å². The van der Waals surface area contributed by atoms with E-state index in [1.165, 1.54) is 5.56 Å². The lowest BCUT2D eigenvalue weighted by atomic mass is 10.2. The number of nitrogens with one attached hydrogen (secondary N) is 1. The van der Waals surface area contributed by atoms with Crippen LogP contribution >= 0.6 is 0 Å². The van der Waals surface area contributed by atoms with Gasteiger partial charge in [-0.05, 0) is 18.6 Å². The molecule has 0 radical (unpaired) electrons. The molecule has 0 atom stereocenters. The molecule has 0 saturated carbocycles. The number of anilines is 1. The summed E-state index contributed by atoms with van der Waals surface area (Å²) in [5.41, 5.74) is 1.23. The Hall–Kier alpha value is -2.63. The Morgan fingerprint density at radius 3 is 2.42 bits per heavy atom. The molecule has 1 fully saturated rings. The van der Waals surface area contributed by atoms with E-state index in [1.54, 1.807) is 12.4 Å². The van der Waals surface area contributed by atoms with Gasteiger partial charge in [-0.25, -0.2) is 15.0 Å². The molecule has 1 saturated heterocycles. The summed E-state index contributed by atoms with van der Waals surface area (Å²) in [5, 5.41) is 3.40. The topological polar surface area (TPSA) is 56.7 Å². The molecule has 1 N–H and O–H groups in total. The number of benzene rings is 1.